The number of para-hydroxylation sites is 1. The molecule has 5 heteroatoms. The van der Waals surface area contributed by atoms with Crippen molar-refractivity contribution in [2.45, 2.75) is 0 Å². The fourth-order valence-electron chi connectivity index (χ4n) is 1.53. The molecule has 0 aliphatic rings. The van der Waals surface area contributed by atoms with Gasteiger partial charge in [-0.15, -0.1) is 0 Å². The number of ether oxygens (including phenoxy) is 1. The first-order valence-corrected chi connectivity index (χ1v) is 5.65. The first-order valence-electron chi connectivity index (χ1n) is 5.65. The predicted octanol–water partition coefficient (Wildman–Crippen LogP) is 0.722. The third kappa shape index (κ3) is 3.18. The molecule has 0 spiro atoms. The van der Waals surface area contributed by atoms with Gasteiger partial charge in [0.25, 0.3) is 5.91 Å². The molecule has 2 aromatic rings. The fraction of sp³-hybridized carbons (Fsp3) is 0.231. The number of hydrogen-bond donors (Lipinski definition) is 2. The highest BCUT2D eigenvalue weighted by atomic mass is 16.5. The molecular formula is C13H14N2O3. The molecule has 0 saturated heterocycles. The number of nitrogens with one attached hydrogen (secondary N) is 1. The Morgan fingerprint density at radius 3 is 3.06 bits per heavy atom. The molecule has 0 radical (unpaired) electrons. The van der Waals surface area contributed by atoms with Gasteiger partial charge in [-0.05, 0) is 12.1 Å². The summed E-state index contributed by atoms with van der Waals surface area (Å²) in [7, 11) is 0. The molecule has 2 rings (SSSR count). The number of fused-ring (bicyclic) bond motifs is 1. The lowest BCUT2D eigenvalue weighted by Gasteiger charge is -2.07. The maximum Gasteiger partial charge on any atom is 0.258 e. The van der Waals surface area contributed by atoms with Crippen LogP contribution in [0.3, 0.4) is 0 Å². The van der Waals surface area contributed by atoms with Gasteiger partial charge >= 0.3 is 0 Å². The summed E-state index contributed by atoms with van der Waals surface area (Å²) < 4.78 is 5.32. The molecule has 94 valence electrons. The number of aliphatic hydroxyl groups excluding tert-OH is 1. The van der Waals surface area contributed by atoms with E-state index in [1.807, 2.05) is 30.3 Å². The number of carbonyl (C=O) groups excluding carboxylic acids is 1. The average Bonchev–Trinajstić information content (AvgIpc) is 2.42. The van der Waals surface area contributed by atoms with Crippen LogP contribution in [0.15, 0.2) is 36.5 Å². The number of amides is 1. The number of benzene rings is 1. The minimum Gasteiger partial charge on any atom is -0.482 e. The molecule has 1 amide bonds. The molecule has 0 fully saturated rings. The van der Waals surface area contributed by atoms with Crippen LogP contribution >= 0.6 is 0 Å². The maximum absolute atomic E-state index is 11.3. The summed E-state index contributed by atoms with van der Waals surface area (Å²) in [6, 6.07) is 9.51. The van der Waals surface area contributed by atoms with E-state index in [1.54, 1.807) is 6.20 Å². The molecule has 1 aromatic heterocycles. The largest absolute Gasteiger partial charge is 0.482 e. The number of rotatable bonds is 5. The van der Waals surface area contributed by atoms with Crippen LogP contribution in [0.1, 0.15) is 0 Å². The van der Waals surface area contributed by atoms with Gasteiger partial charge in [0.1, 0.15) is 5.75 Å². The van der Waals surface area contributed by atoms with Crippen LogP contribution in [0.4, 0.5) is 0 Å². The molecule has 5 nitrogen and oxygen atoms in total. The van der Waals surface area contributed by atoms with Gasteiger partial charge in [-0.25, -0.2) is 0 Å². The number of nitrogens with zero attached hydrogens (tertiary/aromatic N) is 1. The Morgan fingerprint density at radius 1 is 1.39 bits per heavy atom. The van der Waals surface area contributed by atoms with Crippen molar-refractivity contribution in [2.75, 3.05) is 19.8 Å². The molecule has 1 heterocycles. The quantitative estimate of drug-likeness (QED) is 0.815. The molecule has 1 aromatic carbocycles. The minimum atomic E-state index is -0.266. The molecule has 0 aliphatic carbocycles. The van der Waals surface area contributed by atoms with Crippen molar-refractivity contribution in [3.05, 3.63) is 36.5 Å². The smallest absolute Gasteiger partial charge is 0.258 e. The first-order chi connectivity index (χ1) is 8.79. The monoisotopic (exact) mass is 246 g/mol. The third-order valence-electron chi connectivity index (χ3n) is 2.37. The van der Waals surface area contributed by atoms with Crippen molar-refractivity contribution in [3.8, 4) is 5.75 Å². The van der Waals surface area contributed by atoms with Gasteiger partial charge in [0.2, 0.25) is 0 Å². The second kappa shape index (κ2) is 5.97. The zero-order chi connectivity index (χ0) is 12.8. The number of aliphatic hydroxyl groups is 1. The highest BCUT2D eigenvalue weighted by molar-refractivity contribution is 5.80. The van der Waals surface area contributed by atoms with Crippen LogP contribution < -0.4 is 10.1 Å². The van der Waals surface area contributed by atoms with Crippen molar-refractivity contribution in [2.24, 2.45) is 0 Å². The van der Waals surface area contributed by atoms with E-state index in [0.29, 0.717) is 5.75 Å². The van der Waals surface area contributed by atoms with Crippen LogP contribution in [-0.4, -0.2) is 35.8 Å². The molecule has 0 atom stereocenters. The van der Waals surface area contributed by atoms with E-state index in [-0.39, 0.29) is 25.7 Å². The summed E-state index contributed by atoms with van der Waals surface area (Å²) in [5.41, 5.74) is 0.884. The van der Waals surface area contributed by atoms with Gasteiger partial charge in [0, 0.05) is 11.9 Å². The van der Waals surface area contributed by atoms with Gasteiger partial charge in [-0.3, -0.25) is 9.78 Å². The van der Waals surface area contributed by atoms with E-state index in [4.69, 9.17) is 9.84 Å². The van der Waals surface area contributed by atoms with Crippen LogP contribution in [0.25, 0.3) is 10.9 Å². The average molecular weight is 246 g/mol. The third-order valence-corrected chi connectivity index (χ3v) is 2.37. The molecule has 2 N–H and O–H groups in total. The summed E-state index contributed by atoms with van der Waals surface area (Å²) in [5.74, 6) is 0.282. The second-order valence-electron chi connectivity index (χ2n) is 3.73. The first kappa shape index (κ1) is 12.3. The Kier molecular flexibility index (Phi) is 4.09. The Labute approximate surface area is 104 Å². The molecule has 0 bridgehead atoms. The molecule has 0 aliphatic heterocycles. The number of pyridine rings is 1. The highest BCUT2D eigenvalue weighted by Gasteiger charge is 2.03. The van der Waals surface area contributed by atoms with Crippen molar-refractivity contribution in [3.63, 3.8) is 0 Å². The van der Waals surface area contributed by atoms with Crippen LogP contribution in [0.5, 0.6) is 5.75 Å². The standard InChI is InChI=1S/C13H14N2O3/c16-6-5-14-13(17)9-18-11-7-10-3-1-2-4-12(10)15-8-11/h1-4,7-8,16H,5-6,9H2,(H,14,17). The number of hydrogen-bond acceptors (Lipinski definition) is 4. The van der Waals surface area contributed by atoms with Gasteiger partial charge in [-0.2, -0.15) is 0 Å². The summed E-state index contributed by atoms with van der Waals surface area (Å²) in [6.07, 6.45) is 1.58. The van der Waals surface area contributed by atoms with Crippen LogP contribution in [0.2, 0.25) is 0 Å². The lowest BCUT2D eigenvalue weighted by atomic mass is 10.2. The summed E-state index contributed by atoms with van der Waals surface area (Å²) in [6.45, 7) is 0.0709. The normalized spacial score (nSPS) is 10.3. The topological polar surface area (TPSA) is 71.5 Å². The number of carbonyl (C=O) groups is 1. The minimum absolute atomic E-state index is 0.0801. The zero-order valence-electron chi connectivity index (χ0n) is 9.80. The summed E-state index contributed by atoms with van der Waals surface area (Å²) >= 11 is 0. The predicted molar refractivity (Wildman–Crippen MR) is 67.3 cm³/mol. The van der Waals surface area contributed by atoms with Gasteiger partial charge in [0.05, 0.1) is 18.3 Å². The molecule has 18 heavy (non-hydrogen) atoms. The van der Waals surface area contributed by atoms with Crippen molar-refractivity contribution < 1.29 is 14.6 Å². The maximum atomic E-state index is 11.3. The Hall–Kier alpha value is -2.14. The fourth-order valence-corrected chi connectivity index (χ4v) is 1.53. The van der Waals surface area contributed by atoms with Crippen LogP contribution in [-0.2, 0) is 4.79 Å². The van der Waals surface area contributed by atoms with E-state index >= 15 is 0 Å². The van der Waals surface area contributed by atoms with Gasteiger partial charge < -0.3 is 15.2 Å². The molecule has 0 unspecified atom stereocenters. The zero-order valence-corrected chi connectivity index (χ0v) is 9.80. The van der Waals surface area contributed by atoms with Gasteiger partial charge in [-0.1, -0.05) is 18.2 Å². The Balaban J connectivity index is 1.97. The van der Waals surface area contributed by atoms with Crippen molar-refractivity contribution in [1.29, 1.82) is 0 Å². The van der Waals surface area contributed by atoms with Crippen molar-refractivity contribution >= 4 is 16.8 Å². The van der Waals surface area contributed by atoms with E-state index in [0.717, 1.165) is 10.9 Å². The Morgan fingerprint density at radius 2 is 2.22 bits per heavy atom. The van der Waals surface area contributed by atoms with E-state index in [1.165, 1.54) is 0 Å². The van der Waals surface area contributed by atoms with Crippen LogP contribution in [0, 0.1) is 0 Å². The molecular weight excluding hydrogens is 232 g/mol. The van der Waals surface area contributed by atoms with E-state index in [9.17, 15) is 4.79 Å². The van der Waals surface area contributed by atoms with E-state index < -0.39 is 0 Å². The van der Waals surface area contributed by atoms with Gasteiger partial charge in [0.15, 0.2) is 6.61 Å². The highest BCUT2D eigenvalue weighted by Crippen LogP contribution is 2.17. The van der Waals surface area contributed by atoms with E-state index in [2.05, 4.69) is 10.3 Å². The lowest BCUT2D eigenvalue weighted by molar-refractivity contribution is -0.123. The lowest BCUT2D eigenvalue weighted by Crippen LogP contribution is -2.31. The number of aromatic nitrogens is 1. The summed E-state index contributed by atoms with van der Waals surface area (Å²) in [5, 5.41) is 12.0. The SMILES string of the molecule is O=C(COc1cnc2ccccc2c1)NCCO. The second-order valence-corrected chi connectivity index (χ2v) is 3.73. The molecule has 0 saturated carbocycles. The Bertz CT molecular complexity index is 543. The van der Waals surface area contributed by atoms with Crippen molar-refractivity contribution in [1.82, 2.24) is 10.3 Å². The summed E-state index contributed by atoms with van der Waals surface area (Å²) in [4.78, 5) is 15.5.